The minimum atomic E-state index is 0.821. The normalized spacial score (nSPS) is 15.6. The lowest BCUT2D eigenvalue weighted by atomic mass is 9.97. The predicted octanol–water partition coefficient (Wildman–Crippen LogP) is 4.59. The van der Waals surface area contributed by atoms with E-state index in [0.717, 1.165) is 27.7 Å². The summed E-state index contributed by atoms with van der Waals surface area (Å²) in [6.07, 6.45) is 10.7. The highest BCUT2D eigenvalue weighted by Gasteiger charge is 2.04. The summed E-state index contributed by atoms with van der Waals surface area (Å²) in [4.78, 5) is 4.39. The van der Waals surface area contributed by atoms with Gasteiger partial charge in [-0.15, -0.1) is 0 Å². The van der Waals surface area contributed by atoms with Crippen molar-refractivity contribution in [3.05, 3.63) is 38.6 Å². The number of pyridine rings is 1. The van der Waals surface area contributed by atoms with Crippen molar-refractivity contribution in [1.29, 1.82) is 0 Å². The SMILES string of the molecule is Brc1cnc(CNCCC2=CCCCC2)c(Br)c1. The fraction of sp³-hybridized carbons (Fsp3) is 0.500. The first-order valence-corrected chi connectivity index (χ1v) is 8.03. The molecule has 0 saturated carbocycles. The van der Waals surface area contributed by atoms with Crippen LogP contribution in [-0.4, -0.2) is 11.5 Å². The van der Waals surface area contributed by atoms with Crippen LogP contribution in [0.25, 0.3) is 0 Å². The van der Waals surface area contributed by atoms with E-state index in [1.165, 1.54) is 32.1 Å². The molecule has 0 unspecified atom stereocenters. The van der Waals surface area contributed by atoms with Gasteiger partial charge in [0.15, 0.2) is 0 Å². The minimum absolute atomic E-state index is 0.821. The average Bonchev–Trinajstić information content (AvgIpc) is 2.38. The third kappa shape index (κ3) is 4.48. The van der Waals surface area contributed by atoms with Crippen molar-refractivity contribution in [3.63, 3.8) is 0 Å². The monoisotopic (exact) mass is 372 g/mol. The average molecular weight is 374 g/mol. The molecule has 1 heterocycles. The van der Waals surface area contributed by atoms with Gasteiger partial charge in [0.05, 0.1) is 5.69 Å². The van der Waals surface area contributed by atoms with Crippen LogP contribution in [0, 0.1) is 0 Å². The Morgan fingerprint density at radius 1 is 1.28 bits per heavy atom. The third-order valence-electron chi connectivity index (χ3n) is 3.18. The molecule has 0 aliphatic heterocycles. The predicted molar refractivity (Wildman–Crippen MR) is 82.5 cm³/mol. The Kier molecular flexibility index (Phi) is 5.86. The smallest absolute Gasteiger partial charge is 0.0684 e. The van der Waals surface area contributed by atoms with Gasteiger partial charge in [0, 0.05) is 21.7 Å². The number of nitrogens with one attached hydrogen (secondary N) is 1. The highest BCUT2D eigenvalue weighted by Crippen LogP contribution is 2.20. The van der Waals surface area contributed by atoms with Crippen LogP contribution in [0.4, 0.5) is 0 Å². The first kappa shape index (κ1) is 14.2. The standard InChI is InChI=1S/C14H18Br2N2/c15-12-8-13(16)14(18-9-12)10-17-7-6-11-4-2-1-3-5-11/h4,8-9,17H,1-3,5-7,10H2. The summed E-state index contributed by atoms with van der Waals surface area (Å²) in [5.74, 6) is 0. The molecule has 4 heteroatoms. The summed E-state index contributed by atoms with van der Waals surface area (Å²) in [5, 5.41) is 3.46. The number of nitrogens with zero attached hydrogens (tertiary/aromatic N) is 1. The molecule has 2 nitrogen and oxygen atoms in total. The van der Waals surface area contributed by atoms with E-state index in [9.17, 15) is 0 Å². The molecular weight excluding hydrogens is 356 g/mol. The zero-order chi connectivity index (χ0) is 12.8. The number of halogens is 2. The molecule has 1 aromatic rings. The first-order chi connectivity index (χ1) is 8.75. The molecule has 0 atom stereocenters. The Labute approximate surface area is 126 Å². The van der Waals surface area contributed by atoms with Gasteiger partial charge in [-0.05, 0) is 76.6 Å². The summed E-state index contributed by atoms with van der Waals surface area (Å²) >= 11 is 6.94. The molecule has 0 amide bonds. The number of aromatic nitrogens is 1. The molecule has 1 N–H and O–H groups in total. The van der Waals surface area contributed by atoms with Crippen LogP contribution in [0.5, 0.6) is 0 Å². The maximum atomic E-state index is 4.39. The quantitative estimate of drug-likeness (QED) is 0.603. The van der Waals surface area contributed by atoms with Crippen LogP contribution in [-0.2, 0) is 6.54 Å². The molecule has 0 aromatic carbocycles. The lowest BCUT2D eigenvalue weighted by Crippen LogP contribution is -2.16. The number of hydrogen-bond acceptors (Lipinski definition) is 2. The Hall–Kier alpha value is -0.190. The van der Waals surface area contributed by atoms with Crippen molar-refractivity contribution in [2.24, 2.45) is 0 Å². The highest BCUT2D eigenvalue weighted by molar-refractivity contribution is 9.11. The zero-order valence-corrected chi connectivity index (χ0v) is 13.6. The van der Waals surface area contributed by atoms with Crippen LogP contribution in [0.15, 0.2) is 32.9 Å². The topological polar surface area (TPSA) is 24.9 Å². The Morgan fingerprint density at radius 3 is 2.89 bits per heavy atom. The fourth-order valence-electron chi connectivity index (χ4n) is 2.16. The highest BCUT2D eigenvalue weighted by atomic mass is 79.9. The molecule has 0 radical (unpaired) electrons. The molecule has 18 heavy (non-hydrogen) atoms. The van der Waals surface area contributed by atoms with Crippen LogP contribution in [0.1, 0.15) is 37.8 Å². The van der Waals surface area contributed by atoms with E-state index in [2.05, 4.69) is 48.2 Å². The van der Waals surface area contributed by atoms with Crippen molar-refractivity contribution < 1.29 is 0 Å². The summed E-state index contributed by atoms with van der Waals surface area (Å²) in [7, 11) is 0. The summed E-state index contributed by atoms with van der Waals surface area (Å²) < 4.78 is 2.06. The first-order valence-electron chi connectivity index (χ1n) is 6.44. The van der Waals surface area contributed by atoms with Gasteiger partial charge >= 0.3 is 0 Å². The second kappa shape index (κ2) is 7.41. The molecule has 1 aliphatic carbocycles. The third-order valence-corrected chi connectivity index (χ3v) is 4.30. The van der Waals surface area contributed by atoms with Gasteiger partial charge in [-0.3, -0.25) is 4.98 Å². The van der Waals surface area contributed by atoms with E-state index in [1.807, 2.05) is 12.3 Å². The summed E-state index contributed by atoms with van der Waals surface area (Å²) in [6, 6.07) is 2.04. The Bertz CT molecular complexity index is 430. The van der Waals surface area contributed by atoms with Gasteiger partial charge in [-0.1, -0.05) is 11.6 Å². The summed E-state index contributed by atoms with van der Waals surface area (Å²) in [5.41, 5.74) is 2.69. The molecule has 2 rings (SSSR count). The molecule has 0 saturated heterocycles. The Morgan fingerprint density at radius 2 is 2.17 bits per heavy atom. The molecular formula is C14H18Br2N2. The van der Waals surface area contributed by atoms with Gasteiger partial charge < -0.3 is 5.32 Å². The van der Waals surface area contributed by atoms with E-state index >= 15 is 0 Å². The fourth-order valence-corrected chi connectivity index (χ4v) is 3.29. The summed E-state index contributed by atoms with van der Waals surface area (Å²) in [6.45, 7) is 1.86. The van der Waals surface area contributed by atoms with Crippen molar-refractivity contribution in [3.8, 4) is 0 Å². The molecule has 1 aromatic heterocycles. The van der Waals surface area contributed by atoms with Gasteiger partial charge in [0.25, 0.3) is 0 Å². The Balaban J connectivity index is 1.73. The van der Waals surface area contributed by atoms with Gasteiger partial charge in [-0.2, -0.15) is 0 Å². The van der Waals surface area contributed by atoms with Gasteiger partial charge in [-0.25, -0.2) is 0 Å². The van der Waals surface area contributed by atoms with Crippen molar-refractivity contribution >= 4 is 31.9 Å². The van der Waals surface area contributed by atoms with Crippen LogP contribution >= 0.6 is 31.9 Å². The maximum Gasteiger partial charge on any atom is 0.0684 e. The van der Waals surface area contributed by atoms with E-state index in [-0.39, 0.29) is 0 Å². The minimum Gasteiger partial charge on any atom is -0.311 e. The number of hydrogen-bond donors (Lipinski definition) is 1. The maximum absolute atomic E-state index is 4.39. The second-order valence-electron chi connectivity index (χ2n) is 4.62. The van der Waals surface area contributed by atoms with Crippen LogP contribution in [0.3, 0.4) is 0 Å². The van der Waals surface area contributed by atoms with Crippen LogP contribution in [0.2, 0.25) is 0 Å². The van der Waals surface area contributed by atoms with E-state index in [0.29, 0.717) is 0 Å². The van der Waals surface area contributed by atoms with E-state index in [1.54, 1.807) is 5.57 Å². The van der Waals surface area contributed by atoms with Gasteiger partial charge in [0.1, 0.15) is 0 Å². The van der Waals surface area contributed by atoms with Crippen molar-refractivity contribution in [1.82, 2.24) is 10.3 Å². The number of allylic oxidation sites excluding steroid dienone is 1. The van der Waals surface area contributed by atoms with Gasteiger partial charge in [0.2, 0.25) is 0 Å². The molecule has 0 fully saturated rings. The van der Waals surface area contributed by atoms with Crippen molar-refractivity contribution in [2.45, 2.75) is 38.6 Å². The van der Waals surface area contributed by atoms with Crippen molar-refractivity contribution in [2.75, 3.05) is 6.54 Å². The number of rotatable bonds is 5. The zero-order valence-electron chi connectivity index (χ0n) is 10.4. The van der Waals surface area contributed by atoms with E-state index < -0.39 is 0 Å². The molecule has 0 spiro atoms. The van der Waals surface area contributed by atoms with Crippen LogP contribution < -0.4 is 5.32 Å². The molecule has 0 bridgehead atoms. The molecule has 98 valence electrons. The lowest BCUT2D eigenvalue weighted by Gasteiger charge is -2.13. The molecule has 1 aliphatic rings. The largest absolute Gasteiger partial charge is 0.311 e. The lowest BCUT2D eigenvalue weighted by molar-refractivity contribution is 0.626. The second-order valence-corrected chi connectivity index (χ2v) is 6.39. The van der Waals surface area contributed by atoms with E-state index in [4.69, 9.17) is 0 Å².